The van der Waals surface area contributed by atoms with E-state index in [0.29, 0.717) is 18.2 Å². The molecule has 0 aliphatic heterocycles. The van der Waals surface area contributed by atoms with Crippen molar-refractivity contribution in [2.45, 2.75) is 26.6 Å². The molecule has 0 aliphatic carbocycles. The number of benzene rings is 3. The molecule has 0 radical (unpaired) electrons. The third kappa shape index (κ3) is 5.61. The Kier molecular flexibility index (Phi) is 7.46. The van der Waals surface area contributed by atoms with E-state index in [1.165, 1.54) is 18.2 Å². The molecule has 8 heteroatoms. The monoisotopic (exact) mass is 486 g/mol. The minimum Gasteiger partial charge on any atom is -0.507 e. The number of hydrogen-bond acceptors (Lipinski definition) is 6. The van der Waals surface area contributed by atoms with Crippen LogP contribution < -0.4 is 4.74 Å². The number of carboxylic acid groups (broad SMARTS) is 1. The first-order valence-corrected chi connectivity index (χ1v) is 11.5. The van der Waals surface area contributed by atoms with Gasteiger partial charge in [0, 0.05) is 12.2 Å². The fourth-order valence-electron chi connectivity index (χ4n) is 3.84. The van der Waals surface area contributed by atoms with E-state index in [1.54, 1.807) is 24.3 Å². The molecule has 0 aliphatic rings. The highest BCUT2D eigenvalue weighted by Gasteiger charge is 2.14. The maximum absolute atomic E-state index is 12.5. The van der Waals surface area contributed by atoms with Crippen molar-refractivity contribution in [1.82, 2.24) is 9.97 Å². The Hall–Kier alpha value is -4.43. The number of carbonyl (C=O) groups excluding carboxylic acids is 1. The highest BCUT2D eigenvalue weighted by molar-refractivity contribution is 6.09. The van der Waals surface area contributed by atoms with Gasteiger partial charge in [-0.2, -0.15) is 0 Å². The molecule has 0 saturated heterocycles. The zero-order valence-corrected chi connectivity index (χ0v) is 19.9. The van der Waals surface area contributed by atoms with Gasteiger partial charge in [-0.1, -0.05) is 30.3 Å². The lowest BCUT2D eigenvalue weighted by Crippen LogP contribution is -2.00. The Bertz CT molecular complexity index is 1440. The summed E-state index contributed by atoms with van der Waals surface area (Å²) < 4.78 is 11.6. The van der Waals surface area contributed by atoms with Crippen LogP contribution in [-0.2, 0) is 11.3 Å². The maximum atomic E-state index is 12.5. The normalized spacial score (nSPS) is 12.2. The number of ether oxygens (including phenoxy) is 2. The number of para-hydroxylation sites is 1. The lowest BCUT2D eigenvalue weighted by atomic mass is 10.1. The number of H-pyrrole nitrogens is 1. The molecule has 4 rings (SSSR count). The summed E-state index contributed by atoms with van der Waals surface area (Å²) in [6.45, 7) is 4.81. The van der Waals surface area contributed by atoms with Gasteiger partial charge in [0.2, 0.25) is 0 Å². The molecule has 4 aromatic rings. The average Bonchev–Trinajstić information content (AvgIpc) is 3.29. The first kappa shape index (κ1) is 24.7. The van der Waals surface area contributed by atoms with Crippen LogP contribution in [0.2, 0.25) is 0 Å². The topological polar surface area (TPSA) is 122 Å². The maximum Gasteiger partial charge on any atom is 0.335 e. The molecule has 1 unspecified atom stereocenters. The van der Waals surface area contributed by atoms with Crippen LogP contribution in [-0.4, -0.2) is 38.5 Å². The van der Waals surface area contributed by atoms with Gasteiger partial charge in [-0.15, -0.1) is 0 Å². The summed E-state index contributed by atoms with van der Waals surface area (Å²) in [4.78, 5) is 31.4. The summed E-state index contributed by atoms with van der Waals surface area (Å²) in [5.74, 6) is -0.736. The Morgan fingerprint density at radius 2 is 1.92 bits per heavy atom. The van der Waals surface area contributed by atoms with Crippen LogP contribution in [0.4, 0.5) is 0 Å². The number of phenolic OH excluding ortho intramolecular Hbond substituents is 1. The van der Waals surface area contributed by atoms with E-state index in [-0.39, 0.29) is 29.6 Å². The van der Waals surface area contributed by atoms with Gasteiger partial charge in [-0.25, -0.2) is 9.78 Å². The highest BCUT2D eigenvalue weighted by atomic mass is 16.5. The second-order valence-corrected chi connectivity index (χ2v) is 8.12. The summed E-state index contributed by atoms with van der Waals surface area (Å²) >= 11 is 0. The lowest BCUT2D eigenvalue weighted by Gasteiger charge is -2.11. The van der Waals surface area contributed by atoms with Crippen LogP contribution in [0.25, 0.3) is 17.1 Å². The van der Waals surface area contributed by atoms with E-state index in [1.807, 2.05) is 38.1 Å². The summed E-state index contributed by atoms with van der Waals surface area (Å²) in [5, 5.41) is 19.0. The van der Waals surface area contributed by atoms with Crippen molar-refractivity contribution in [1.29, 1.82) is 0 Å². The molecule has 0 amide bonds. The number of allylic oxidation sites excluding steroid dienone is 1. The molecular weight excluding hydrogens is 460 g/mol. The van der Waals surface area contributed by atoms with Crippen molar-refractivity contribution in [3.63, 3.8) is 0 Å². The van der Waals surface area contributed by atoms with Crippen molar-refractivity contribution >= 4 is 28.9 Å². The average molecular weight is 487 g/mol. The fourth-order valence-corrected chi connectivity index (χ4v) is 3.84. The molecule has 0 fully saturated rings. The number of ketones is 1. The second-order valence-electron chi connectivity index (χ2n) is 8.12. The third-order valence-electron chi connectivity index (χ3n) is 5.62. The number of aromatic hydroxyl groups is 1. The number of hydrogen-bond donors (Lipinski definition) is 3. The molecule has 3 aromatic carbocycles. The molecule has 1 aromatic heterocycles. The SMILES string of the molecule is CCOC(C)c1cccc2[nH]c(COc3cccc(/C=C/C(=O)c4ccc(C(=O)O)cc4O)c3)nc12. The number of carbonyl (C=O) groups is 2. The van der Waals surface area contributed by atoms with Gasteiger partial charge in [-0.3, -0.25) is 4.79 Å². The summed E-state index contributed by atoms with van der Waals surface area (Å²) in [6.07, 6.45) is 2.84. The van der Waals surface area contributed by atoms with Gasteiger partial charge < -0.3 is 24.7 Å². The van der Waals surface area contributed by atoms with Crippen LogP contribution in [0.15, 0.2) is 66.7 Å². The Labute approximate surface area is 207 Å². The van der Waals surface area contributed by atoms with Gasteiger partial charge in [0.05, 0.1) is 28.3 Å². The molecule has 36 heavy (non-hydrogen) atoms. The van der Waals surface area contributed by atoms with Crippen LogP contribution >= 0.6 is 0 Å². The lowest BCUT2D eigenvalue weighted by molar-refractivity contribution is 0.0695. The molecule has 0 saturated carbocycles. The van der Waals surface area contributed by atoms with E-state index in [9.17, 15) is 14.7 Å². The number of nitrogens with one attached hydrogen (secondary N) is 1. The molecule has 0 spiro atoms. The van der Waals surface area contributed by atoms with Crippen LogP contribution in [0.5, 0.6) is 11.5 Å². The van der Waals surface area contributed by atoms with Crippen molar-refractivity contribution in [3.8, 4) is 11.5 Å². The summed E-state index contributed by atoms with van der Waals surface area (Å²) in [7, 11) is 0. The Morgan fingerprint density at radius 3 is 2.67 bits per heavy atom. The predicted octanol–water partition coefficient (Wildman–Crippen LogP) is 5.54. The number of phenols is 1. The first-order valence-electron chi connectivity index (χ1n) is 11.5. The first-order chi connectivity index (χ1) is 17.4. The molecular formula is C28H26N2O6. The molecule has 1 heterocycles. The van der Waals surface area contributed by atoms with Gasteiger partial charge >= 0.3 is 5.97 Å². The van der Waals surface area contributed by atoms with Crippen LogP contribution in [0.3, 0.4) is 0 Å². The highest BCUT2D eigenvalue weighted by Crippen LogP contribution is 2.26. The number of aromatic nitrogens is 2. The van der Waals surface area contributed by atoms with Crippen LogP contribution in [0.1, 0.15) is 57.6 Å². The minimum absolute atomic E-state index is 0.0200. The smallest absolute Gasteiger partial charge is 0.335 e. The minimum atomic E-state index is -1.18. The molecule has 0 bridgehead atoms. The van der Waals surface area contributed by atoms with E-state index in [2.05, 4.69) is 4.98 Å². The molecule has 3 N–H and O–H groups in total. The van der Waals surface area contributed by atoms with Gasteiger partial charge in [0.1, 0.15) is 23.9 Å². The van der Waals surface area contributed by atoms with E-state index >= 15 is 0 Å². The van der Waals surface area contributed by atoms with Crippen molar-refractivity contribution < 1.29 is 29.3 Å². The Morgan fingerprint density at radius 1 is 1.11 bits per heavy atom. The summed E-state index contributed by atoms with van der Waals surface area (Å²) in [5.41, 5.74) is 3.42. The van der Waals surface area contributed by atoms with E-state index in [0.717, 1.165) is 28.2 Å². The van der Waals surface area contributed by atoms with Crippen molar-refractivity contribution in [3.05, 3.63) is 94.8 Å². The van der Waals surface area contributed by atoms with E-state index < -0.39 is 11.8 Å². The molecule has 1 atom stereocenters. The third-order valence-corrected chi connectivity index (χ3v) is 5.62. The van der Waals surface area contributed by atoms with Crippen molar-refractivity contribution in [2.24, 2.45) is 0 Å². The largest absolute Gasteiger partial charge is 0.507 e. The van der Waals surface area contributed by atoms with Gasteiger partial charge in [0.25, 0.3) is 0 Å². The number of aromatic carboxylic acids is 1. The number of imidazole rings is 1. The molecule has 184 valence electrons. The number of rotatable bonds is 10. The Balaban J connectivity index is 1.44. The second kappa shape index (κ2) is 10.9. The molecule has 8 nitrogen and oxygen atoms in total. The zero-order chi connectivity index (χ0) is 25.7. The van der Waals surface area contributed by atoms with Crippen LogP contribution in [0, 0.1) is 0 Å². The number of fused-ring (bicyclic) bond motifs is 1. The number of aromatic amines is 1. The number of carboxylic acids is 1. The fraction of sp³-hybridized carbons (Fsp3) is 0.179. The standard InChI is InChI=1S/C28H26N2O6/c1-3-35-17(2)21-8-5-9-23-27(21)30-26(29-23)16-36-20-7-4-6-18(14-20)10-13-24(31)22-12-11-19(28(33)34)15-25(22)32/h4-15,17,32H,3,16H2,1-2H3,(H,29,30)(H,33,34)/b13-10+. The predicted molar refractivity (Wildman–Crippen MR) is 135 cm³/mol. The van der Waals surface area contributed by atoms with Gasteiger partial charge in [0.15, 0.2) is 5.78 Å². The zero-order valence-electron chi connectivity index (χ0n) is 19.9. The number of nitrogens with zero attached hydrogens (tertiary/aromatic N) is 1. The van der Waals surface area contributed by atoms with Crippen molar-refractivity contribution in [2.75, 3.05) is 6.61 Å². The summed E-state index contributed by atoms with van der Waals surface area (Å²) in [6, 6.07) is 16.8. The van der Waals surface area contributed by atoms with Gasteiger partial charge in [-0.05, 0) is 61.9 Å². The quantitative estimate of drug-likeness (QED) is 0.199. The van der Waals surface area contributed by atoms with E-state index in [4.69, 9.17) is 19.6 Å².